The Balaban J connectivity index is 1.13. The van der Waals surface area contributed by atoms with Crippen molar-refractivity contribution in [1.82, 2.24) is 0 Å². The van der Waals surface area contributed by atoms with Gasteiger partial charge in [0.15, 0.2) is 11.2 Å². The quantitative estimate of drug-likeness (QED) is 0.143. The Bertz CT molecular complexity index is 3830. The smallest absolute Gasteiger partial charge is 0.159 e. The summed E-state index contributed by atoms with van der Waals surface area (Å²) in [5.74, 6) is 0. The van der Waals surface area contributed by atoms with Gasteiger partial charge in [0.1, 0.15) is 11.2 Å². The standard InChI is InChI=1S/C60H48N2O2/c1-7-12-42-14-9-16-46-48-18-11-20-54(60(48)64-58(42)46)62(44-28-22-36(3)39(6)34-44)52-32-26-41-23-29-49-51(31-25-40-24-30-50(52)56(41)55(40)49)61(43-27-21-35(2)38(5)33-43)53-19-10-17-47-45-15-8-13-37(4)57(45)63-59(47)53/h8-11,13-34H,7,12H2,1-6H3. The van der Waals surface area contributed by atoms with Gasteiger partial charge in [0.2, 0.25) is 0 Å². The summed E-state index contributed by atoms with van der Waals surface area (Å²) in [7, 11) is 0. The molecule has 0 spiro atoms. The summed E-state index contributed by atoms with van der Waals surface area (Å²) >= 11 is 0. The van der Waals surface area contributed by atoms with Crippen LogP contribution in [0.5, 0.6) is 0 Å². The van der Waals surface area contributed by atoms with Crippen LogP contribution in [-0.4, -0.2) is 0 Å². The molecule has 0 fully saturated rings. The van der Waals surface area contributed by atoms with Crippen molar-refractivity contribution in [3.05, 3.63) is 191 Å². The normalized spacial score (nSPS) is 12.0. The Morgan fingerprint density at radius 2 is 0.812 bits per heavy atom. The molecule has 0 amide bonds. The van der Waals surface area contributed by atoms with Crippen LogP contribution in [0.25, 0.3) is 76.2 Å². The molecule has 2 aromatic heterocycles. The highest BCUT2D eigenvalue weighted by Crippen LogP contribution is 2.51. The highest BCUT2D eigenvalue weighted by atomic mass is 16.3. The summed E-state index contributed by atoms with van der Waals surface area (Å²) in [6.07, 6.45) is 2.03. The Morgan fingerprint density at radius 3 is 1.33 bits per heavy atom. The van der Waals surface area contributed by atoms with Gasteiger partial charge in [-0.2, -0.15) is 0 Å². The SMILES string of the molecule is CCCc1cccc2c1oc1c(N(c3ccc(C)c(C)c3)c3ccc4ccc5c(N(c6ccc(C)c(C)c6)c6cccc7c6oc6c(C)cccc67)ccc6ccc3c4c65)cccc12. The van der Waals surface area contributed by atoms with Gasteiger partial charge in [0, 0.05) is 43.7 Å². The highest BCUT2D eigenvalue weighted by Gasteiger charge is 2.26. The summed E-state index contributed by atoms with van der Waals surface area (Å²) in [5.41, 5.74) is 17.5. The molecule has 0 unspecified atom stereocenters. The van der Waals surface area contributed by atoms with Crippen LogP contribution in [0.15, 0.2) is 167 Å². The lowest BCUT2D eigenvalue weighted by molar-refractivity contribution is 0.661. The topological polar surface area (TPSA) is 32.8 Å². The fourth-order valence-electron chi connectivity index (χ4n) is 10.3. The molecule has 64 heavy (non-hydrogen) atoms. The molecule has 0 radical (unpaired) electrons. The molecular formula is C60H48N2O2. The average molecular weight is 829 g/mol. The van der Waals surface area contributed by atoms with Crippen LogP contribution >= 0.6 is 0 Å². The second-order valence-electron chi connectivity index (χ2n) is 17.8. The van der Waals surface area contributed by atoms with Crippen LogP contribution in [0.2, 0.25) is 0 Å². The summed E-state index contributed by atoms with van der Waals surface area (Å²) in [6, 6.07) is 58.2. The third-order valence-corrected chi connectivity index (χ3v) is 13.9. The number of rotatable bonds is 8. The molecule has 4 nitrogen and oxygen atoms in total. The molecule has 10 aromatic carbocycles. The fourth-order valence-corrected chi connectivity index (χ4v) is 10.3. The van der Waals surface area contributed by atoms with Gasteiger partial charge in [-0.1, -0.05) is 123 Å². The first kappa shape index (κ1) is 38.1. The summed E-state index contributed by atoms with van der Waals surface area (Å²) in [4.78, 5) is 4.84. The molecule has 12 rings (SSSR count). The van der Waals surface area contributed by atoms with Crippen molar-refractivity contribution in [1.29, 1.82) is 0 Å². The maximum atomic E-state index is 7.01. The number of nitrogens with zero attached hydrogens (tertiary/aromatic N) is 2. The molecule has 12 aromatic rings. The molecule has 0 bridgehead atoms. The number of hydrogen-bond donors (Lipinski definition) is 0. The van der Waals surface area contributed by atoms with Crippen molar-refractivity contribution >= 4 is 110 Å². The molecule has 0 aliphatic carbocycles. The molecule has 0 saturated carbocycles. The molecule has 4 heteroatoms. The zero-order valence-corrected chi connectivity index (χ0v) is 37.1. The minimum absolute atomic E-state index is 0.878. The molecule has 0 N–H and O–H groups in total. The lowest BCUT2D eigenvalue weighted by Gasteiger charge is -2.29. The van der Waals surface area contributed by atoms with E-state index >= 15 is 0 Å². The average Bonchev–Trinajstić information content (AvgIpc) is 3.90. The highest BCUT2D eigenvalue weighted by molar-refractivity contribution is 6.28. The minimum atomic E-state index is 0.878. The van der Waals surface area contributed by atoms with Crippen LogP contribution in [0.3, 0.4) is 0 Å². The van der Waals surface area contributed by atoms with E-state index in [1.54, 1.807) is 0 Å². The first-order valence-corrected chi connectivity index (χ1v) is 22.6. The summed E-state index contributed by atoms with van der Waals surface area (Å²) in [6.45, 7) is 13.1. The zero-order chi connectivity index (χ0) is 43.4. The van der Waals surface area contributed by atoms with Crippen LogP contribution in [0.4, 0.5) is 34.1 Å². The maximum absolute atomic E-state index is 7.01. The van der Waals surface area contributed by atoms with Gasteiger partial charge in [0.05, 0.1) is 22.7 Å². The van der Waals surface area contributed by atoms with E-state index in [1.807, 2.05) is 0 Å². The number of para-hydroxylation sites is 4. The van der Waals surface area contributed by atoms with Crippen molar-refractivity contribution in [3.8, 4) is 0 Å². The van der Waals surface area contributed by atoms with E-state index < -0.39 is 0 Å². The van der Waals surface area contributed by atoms with Gasteiger partial charge >= 0.3 is 0 Å². The van der Waals surface area contributed by atoms with Gasteiger partial charge < -0.3 is 18.6 Å². The number of hydrogen-bond acceptors (Lipinski definition) is 4. The second-order valence-corrected chi connectivity index (χ2v) is 17.8. The lowest BCUT2D eigenvalue weighted by Crippen LogP contribution is -2.12. The van der Waals surface area contributed by atoms with E-state index in [0.29, 0.717) is 0 Å². The van der Waals surface area contributed by atoms with Gasteiger partial charge in [-0.05, 0) is 144 Å². The second kappa shape index (κ2) is 14.5. The Kier molecular flexibility index (Phi) is 8.64. The van der Waals surface area contributed by atoms with Gasteiger partial charge in [-0.25, -0.2) is 0 Å². The molecular weight excluding hydrogens is 781 g/mol. The number of benzene rings is 10. The summed E-state index contributed by atoms with van der Waals surface area (Å²) < 4.78 is 13.9. The number of anilines is 6. The molecule has 0 aliphatic heterocycles. The first-order valence-electron chi connectivity index (χ1n) is 22.6. The third kappa shape index (κ3) is 5.68. The van der Waals surface area contributed by atoms with E-state index in [1.165, 1.54) is 60.1 Å². The van der Waals surface area contributed by atoms with Crippen molar-refractivity contribution < 1.29 is 8.83 Å². The van der Waals surface area contributed by atoms with Crippen molar-refractivity contribution in [2.75, 3.05) is 9.80 Å². The number of aryl methyl sites for hydroxylation is 6. The van der Waals surface area contributed by atoms with Crippen LogP contribution < -0.4 is 9.80 Å². The first-order chi connectivity index (χ1) is 31.3. The van der Waals surface area contributed by atoms with Crippen LogP contribution in [0, 0.1) is 34.6 Å². The molecule has 310 valence electrons. The van der Waals surface area contributed by atoms with Crippen molar-refractivity contribution in [2.24, 2.45) is 0 Å². The molecule has 0 atom stereocenters. The summed E-state index contributed by atoms with van der Waals surface area (Å²) in [5, 5.41) is 11.8. The maximum Gasteiger partial charge on any atom is 0.159 e. The minimum Gasteiger partial charge on any atom is -0.454 e. The van der Waals surface area contributed by atoms with Crippen LogP contribution in [0.1, 0.15) is 46.7 Å². The Labute approximate surface area is 372 Å². The molecule has 0 saturated heterocycles. The largest absolute Gasteiger partial charge is 0.454 e. The van der Waals surface area contributed by atoms with Crippen molar-refractivity contribution in [3.63, 3.8) is 0 Å². The zero-order valence-electron chi connectivity index (χ0n) is 37.1. The van der Waals surface area contributed by atoms with Gasteiger partial charge in [0.25, 0.3) is 0 Å². The monoisotopic (exact) mass is 828 g/mol. The Morgan fingerprint density at radius 1 is 0.359 bits per heavy atom. The predicted octanol–water partition coefficient (Wildman–Crippen LogP) is 17.8. The van der Waals surface area contributed by atoms with E-state index in [0.717, 1.165) is 96.4 Å². The van der Waals surface area contributed by atoms with Crippen LogP contribution in [-0.2, 0) is 6.42 Å². The molecule has 0 aliphatic rings. The Hall–Kier alpha value is -7.56. The predicted molar refractivity (Wildman–Crippen MR) is 272 cm³/mol. The van der Waals surface area contributed by atoms with Crippen molar-refractivity contribution in [2.45, 2.75) is 54.4 Å². The van der Waals surface area contributed by atoms with Gasteiger partial charge in [-0.3, -0.25) is 0 Å². The fraction of sp³-hybridized carbons (Fsp3) is 0.133. The molecule has 2 heterocycles. The van der Waals surface area contributed by atoms with E-state index in [4.69, 9.17) is 8.83 Å². The van der Waals surface area contributed by atoms with Gasteiger partial charge in [-0.15, -0.1) is 0 Å². The third-order valence-electron chi connectivity index (χ3n) is 13.9. The van der Waals surface area contributed by atoms with E-state index in [9.17, 15) is 0 Å². The number of furan rings is 2. The number of fused-ring (bicyclic) bond motifs is 6. The van der Waals surface area contributed by atoms with E-state index in [-0.39, 0.29) is 0 Å². The van der Waals surface area contributed by atoms with E-state index in [2.05, 4.69) is 209 Å². The lowest BCUT2D eigenvalue weighted by atomic mass is 9.91.